The number of nitro groups is 1. The molecule has 1 heterocycles. The molecule has 194 valence electrons. The number of hydrogen-bond acceptors (Lipinski definition) is 6. The normalized spacial score (nSPS) is 23.1. The number of nitrogens with zero attached hydrogens (tertiary/aromatic N) is 1. The van der Waals surface area contributed by atoms with Crippen LogP contribution in [0.1, 0.15) is 43.9 Å². The van der Waals surface area contributed by atoms with Gasteiger partial charge in [-0.05, 0) is 17.5 Å². The highest BCUT2D eigenvalue weighted by Gasteiger charge is 2.57. The predicted molar refractivity (Wildman–Crippen MR) is 130 cm³/mol. The molecule has 0 aromatic heterocycles. The van der Waals surface area contributed by atoms with Gasteiger partial charge in [-0.2, -0.15) is 0 Å². The average molecular weight is 502 g/mol. The van der Waals surface area contributed by atoms with E-state index in [9.17, 15) is 24.1 Å². The zero-order chi connectivity index (χ0) is 26.2. The van der Waals surface area contributed by atoms with E-state index in [0.717, 1.165) is 0 Å². The Morgan fingerprint density at radius 3 is 2.47 bits per heavy atom. The number of benzene rings is 2. The maximum atomic E-state index is 14.3. The van der Waals surface area contributed by atoms with Gasteiger partial charge in [-0.15, -0.1) is 0 Å². The molecule has 6 atom stereocenters. The van der Waals surface area contributed by atoms with Gasteiger partial charge < -0.3 is 15.2 Å². The molecule has 36 heavy (non-hydrogen) atoms. The molecular weight excluding hydrogens is 469 g/mol. The molecule has 1 saturated heterocycles. The second-order valence-corrected chi connectivity index (χ2v) is 9.07. The summed E-state index contributed by atoms with van der Waals surface area (Å²) in [6.45, 7) is 3.59. The van der Waals surface area contributed by atoms with Crippen LogP contribution in [-0.4, -0.2) is 46.6 Å². The van der Waals surface area contributed by atoms with Gasteiger partial charge in [0.05, 0.1) is 31.1 Å². The summed E-state index contributed by atoms with van der Waals surface area (Å²) in [5.74, 6) is -3.12. The summed E-state index contributed by atoms with van der Waals surface area (Å²) < 4.78 is 20.5. The SMILES string of the molecule is CC[C@H](C)C(OCc1ccccc1F)[C@H]1[C@H]([N+](=O)[O-])[C@H](c2ccccc2)N[C@@H]1C(=O)NCCC(=O)O. The van der Waals surface area contributed by atoms with E-state index >= 15 is 0 Å². The number of carboxylic acids is 1. The smallest absolute Gasteiger partial charge is 0.305 e. The molecule has 1 aliphatic heterocycles. The highest BCUT2D eigenvalue weighted by atomic mass is 19.1. The summed E-state index contributed by atoms with van der Waals surface area (Å²) in [4.78, 5) is 36.2. The predicted octanol–water partition coefficient (Wildman–Crippen LogP) is 3.32. The van der Waals surface area contributed by atoms with E-state index in [0.29, 0.717) is 17.5 Å². The van der Waals surface area contributed by atoms with Gasteiger partial charge in [-0.25, -0.2) is 4.39 Å². The van der Waals surface area contributed by atoms with Gasteiger partial charge in [0, 0.05) is 17.0 Å². The summed E-state index contributed by atoms with van der Waals surface area (Å²) in [7, 11) is 0. The van der Waals surface area contributed by atoms with E-state index in [4.69, 9.17) is 9.84 Å². The summed E-state index contributed by atoms with van der Waals surface area (Å²) in [6, 6.07) is 12.0. The van der Waals surface area contributed by atoms with E-state index in [1.807, 2.05) is 13.8 Å². The van der Waals surface area contributed by atoms with Crippen molar-refractivity contribution in [2.75, 3.05) is 6.54 Å². The van der Waals surface area contributed by atoms with Crippen LogP contribution in [0.15, 0.2) is 54.6 Å². The molecule has 0 radical (unpaired) electrons. The number of hydrogen-bond donors (Lipinski definition) is 3. The quantitative estimate of drug-likeness (QED) is 0.300. The van der Waals surface area contributed by atoms with Gasteiger partial charge in [0.25, 0.3) is 0 Å². The molecule has 0 aliphatic carbocycles. The van der Waals surface area contributed by atoms with Crippen molar-refractivity contribution in [3.8, 4) is 0 Å². The highest BCUT2D eigenvalue weighted by Crippen LogP contribution is 2.39. The van der Waals surface area contributed by atoms with Crippen LogP contribution in [0.25, 0.3) is 0 Å². The van der Waals surface area contributed by atoms with Crippen molar-refractivity contribution < 1.29 is 28.7 Å². The van der Waals surface area contributed by atoms with Crippen molar-refractivity contribution in [3.63, 3.8) is 0 Å². The minimum Gasteiger partial charge on any atom is -0.481 e. The minimum atomic E-state index is -1.21. The Labute approximate surface area is 209 Å². The van der Waals surface area contributed by atoms with E-state index in [1.54, 1.807) is 48.5 Å². The number of carboxylic acid groups (broad SMARTS) is 1. The lowest BCUT2D eigenvalue weighted by atomic mass is 9.80. The van der Waals surface area contributed by atoms with Crippen LogP contribution in [0, 0.1) is 27.8 Å². The summed E-state index contributed by atoms with van der Waals surface area (Å²) in [5, 5.41) is 27.1. The lowest BCUT2D eigenvalue weighted by Gasteiger charge is -2.32. The number of carbonyl (C=O) groups is 2. The van der Waals surface area contributed by atoms with Crippen LogP contribution >= 0.6 is 0 Å². The number of aliphatic carboxylic acids is 1. The largest absolute Gasteiger partial charge is 0.481 e. The second-order valence-electron chi connectivity index (χ2n) is 9.07. The average Bonchev–Trinajstić information content (AvgIpc) is 3.26. The molecule has 9 nitrogen and oxygen atoms in total. The molecule has 10 heteroatoms. The summed E-state index contributed by atoms with van der Waals surface area (Å²) in [5.41, 5.74) is 0.971. The van der Waals surface area contributed by atoms with E-state index in [2.05, 4.69) is 10.6 Å². The van der Waals surface area contributed by atoms with Crippen LogP contribution in [0.4, 0.5) is 4.39 Å². The molecule has 2 aromatic rings. The van der Waals surface area contributed by atoms with Crippen LogP contribution in [0.2, 0.25) is 0 Å². The first-order chi connectivity index (χ1) is 17.2. The standard InChI is InChI=1S/C26H32FN3O6/c1-3-16(2)25(36-15-18-11-7-8-12-19(18)27)21-23(26(33)28-14-13-20(31)32)29-22(24(21)30(34)35)17-9-5-4-6-10-17/h4-12,16,21-25,29H,3,13-15H2,1-2H3,(H,28,33)(H,31,32)/t16-,21+,22-,23-,24-,25?/m0/s1. The van der Waals surface area contributed by atoms with Gasteiger partial charge in [-0.1, -0.05) is 68.8 Å². The molecule has 1 amide bonds. The number of carbonyl (C=O) groups excluding carboxylic acids is 1. The number of nitrogens with one attached hydrogen (secondary N) is 2. The number of ether oxygens (including phenoxy) is 1. The number of halogens is 1. The van der Waals surface area contributed by atoms with Gasteiger partial charge in [0.1, 0.15) is 11.9 Å². The fourth-order valence-electron chi connectivity index (χ4n) is 4.76. The first-order valence-electron chi connectivity index (χ1n) is 12.0. The van der Waals surface area contributed by atoms with Crippen molar-refractivity contribution in [1.82, 2.24) is 10.6 Å². The first-order valence-corrected chi connectivity index (χ1v) is 12.0. The van der Waals surface area contributed by atoms with Crippen molar-refractivity contribution in [1.29, 1.82) is 0 Å². The molecule has 1 aliphatic rings. The molecular formula is C26H32FN3O6. The van der Waals surface area contributed by atoms with Crippen LogP contribution in [-0.2, 0) is 20.9 Å². The Morgan fingerprint density at radius 1 is 1.19 bits per heavy atom. The van der Waals surface area contributed by atoms with Crippen LogP contribution < -0.4 is 10.6 Å². The fraction of sp³-hybridized carbons (Fsp3) is 0.462. The molecule has 2 aromatic carbocycles. The van der Waals surface area contributed by atoms with Crippen molar-refractivity contribution >= 4 is 11.9 Å². The molecule has 0 spiro atoms. The van der Waals surface area contributed by atoms with Crippen molar-refractivity contribution in [2.24, 2.45) is 11.8 Å². The van der Waals surface area contributed by atoms with Gasteiger partial charge >= 0.3 is 5.97 Å². The third kappa shape index (κ3) is 6.44. The van der Waals surface area contributed by atoms with Gasteiger partial charge in [-0.3, -0.25) is 25.0 Å². The Morgan fingerprint density at radius 2 is 1.86 bits per heavy atom. The number of rotatable bonds is 12. The molecule has 0 saturated carbocycles. The highest BCUT2D eigenvalue weighted by molar-refractivity contribution is 5.83. The lowest BCUT2D eigenvalue weighted by Crippen LogP contribution is -2.51. The van der Waals surface area contributed by atoms with E-state index in [-0.39, 0.29) is 30.4 Å². The molecule has 1 unspecified atom stereocenters. The fourth-order valence-corrected chi connectivity index (χ4v) is 4.76. The molecule has 3 rings (SSSR count). The molecule has 1 fully saturated rings. The van der Waals surface area contributed by atoms with E-state index in [1.165, 1.54) is 6.07 Å². The molecule has 0 bridgehead atoms. The number of amides is 1. The van der Waals surface area contributed by atoms with Crippen LogP contribution in [0.5, 0.6) is 0 Å². The Kier molecular flexibility index (Phi) is 9.49. The third-order valence-corrected chi connectivity index (χ3v) is 6.78. The first kappa shape index (κ1) is 27.2. The topological polar surface area (TPSA) is 131 Å². The Bertz CT molecular complexity index is 1050. The van der Waals surface area contributed by atoms with Crippen molar-refractivity contribution in [3.05, 3.63) is 81.7 Å². The second kappa shape index (κ2) is 12.5. The van der Waals surface area contributed by atoms with Crippen molar-refractivity contribution in [2.45, 2.75) is 57.5 Å². The molecule has 3 N–H and O–H groups in total. The zero-order valence-corrected chi connectivity index (χ0v) is 20.3. The monoisotopic (exact) mass is 501 g/mol. The van der Waals surface area contributed by atoms with Gasteiger partial charge in [0.15, 0.2) is 0 Å². The minimum absolute atomic E-state index is 0.105. The Balaban J connectivity index is 1.98. The maximum absolute atomic E-state index is 14.3. The Hall–Kier alpha value is -3.37. The lowest BCUT2D eigenvalue weighted by molar-refractivity contribution is -0.535. The third-order valence-electron chi connectivity index (χ3n) is 6.78. The zero-order valence-electron chi connectivity index (χ0n) is 20.3. The maximum Gasteiger partial charge on any atom is 0.305 e. The van der Waals surface area contributed by atoms with E-state index < -0.39 is 47.8 Å². The van der Waals surface area contributed by atoms with Crippen LogP contribution in [0.3, 0.4) is 0 Å². The van der Waals surface area contributed by atoms with Gasteiger partial charge in [0.2, 0.25) is 11.9 Å². The summed E-state index contributed by atoms with van der Waals surface area (Å²) in [6.07, 6.45) is -0.407. The summed E-state index contributed by atoms with van der Waals surface area (Å²) >= 11 is 0.